The Balaban J connectivity index is 2.42. The molecule has 1 rings (SSSR count). The van der Waals surface area contributed by atoms with Gasteiger partial charge in [-0.3, -0.25) is 0 Å². The molecule has 90 valence electrons. The van der Waals surface area contributed by atoms with E-state index in [9.17, 15) is 8.42 Å². The van der Waals surface area contributed by atoms with Crippen molar-refractivity contribution in [2.24, 2.45) is 5.92 Å². The van der Waals surface area contributed by atoms with Gasteiger partial charge in [0.15, 0.2) is 0 Å². The molecule has 1 heterocycles. The molecule has 2 unspecified atom stereocenters. The molecule has 0 aromatic carbocycles. The van der Waals surface area contributed by atoms with Gasteiger partial charge in [-0.1, -0.05) is 6.92 Å². The van der Waals surface area contributed by atoms with Crippen LogP contribution in [0.25, 0.3) is 0 Å². The summed E-state index contributed by atoms with van der Waals surface area (Å²) in [6.45, 7) is 7.07. The van der Waals surface area contributed by atoms with Gasteiger partial charge in [-0.25, -0.2) is 13.1 Å². The summed E-state index contributed by atoms with van der Waals surface area (Å²) in [5.41, 5.74) is 0. The van der Waals surface area contributed by atoms with Crippen molar-refractivity contribution in [1.29, 1.82) is 0 Å². The predicted octanol–water partition coefficient (Wildman–Crippen LogP) is 0.702. The van der Waals surface area contributed by atoms with Gasteiger partial charge in [0.05, 0.1) is 5.25 Å². The topological polar surface area (TPSA) is 58.2 Å². The first kappa shape index (κ1) is 12.9. The Morgan fingerprint density at radius 2 is 2.13 bits per heavy atom. The predicted molar refractivity (Wildman–Crippen MR) is 62.2 cm³/mol. The Labute approximate surface area is 92.9 Å². The monoisotopic (exact) mass is 234 g/mol. The number of piperidine rings is 1. The Bertz CT molecular complexity index is 288. The molecule has 2 atom stereocenters. The van der Waals surface area contributed by atoms with Gasteiger partial charge < -0.3 is 5.32 Å². The third-order valence-electron chi connectivity index (χ3n) is 3.05. The van der Waals surface area contributed by atoms with Crippen LogP contribution in [-0.2, 0) is 10.0 Å². The fourth-order valence-corrected chi connectivity index (χ4v) is 2.51. The van der Waals surface area contributed by atoms with Gasteiger partial charge in [0, 0.05) is 12.6 Å². The number of sulfonamides is 1. The molecule has 0 bridgehead atoms. The Hall–Kier alpha value is -0.130. The summed E-state index contributed by atoms with van der Waals surface area (Å²) in [5, 5.41) is 3.00. The lowest BCUT2D eigenvalue weighted by Crippen LogP contribution is -2.48. The number of nitrogens with one attached hydrogen (secondary N) is 2. The summed E-state index contributed by atoms with van der Waals surface area (Å²) in [5.74, 6) is 0.550. The molecule has 0 radical (unpaired) electrons. The lowest BCUT2D eigenvalue weighted by molar-refractivity contribution is 0.300. The first-order chi connectivity index (χ1) is 6.93. The van der Waals surface area contributed by atoms with Gasteiger partial charge in [0.1, 0.15) is 0 Å². The van der Waals surface area contributed by atoms with Crippen molar-refractivity contribution in [1.82, 2.24) is 10.0 Å². The van der Waals surface area contributed by atoms with Crippen molar-refractivity contribution in [2.75, 3.05) is 13.1 Å². The zero-order valence-electron chi connectivity index (χ0n) is 9.79. The van der Waals surface area contributed by atoms with Crippen LogP contribution in [0.2, 0.25) is 0 Å². The van der Waals surface area contributed by atoms with Crippen LogP contribution in [0.3, 0.4) is 0 Å². The molecule has 15 heavy (non-hydrogen) atoms. The highest BCUT2D eigenvalue weighted by Gasteiger charge is 2.23. The second-order valence-electron chi connectivity index (χ2n) is 4.62. The van der Waals surface area contributed by atoms with Gasteiger partial charge in [0.25, 0.3) is 0 Å². The van der Waals surface area contributed by atoms with Gasteiger partial charge in [-0.2, -0.15) is 0 Å². The quantitative estimate of drug-likeness (QED) is 0.753. The van der Waals surface area contributed by atoms with Crippen LogP contribution in [0, 0.1) is 5.92 Å². The van der Waals surface area contributed by atoms with E-state index in [-0.39, 0.29) is 11.3 Å². The fraction of sp³-hybridized carbons (Fsp3) is 1.00. The summed E-state index contributed by atoms with van der Waals surface area (Å²) in [4.78, 5) is 0. The summed E-state index contributed by atoms with van der Waals surface area (Å²) < 4.78 is 25.7. The standard InChI is InChI=1S/C10H22N2O2S/c1-8(2)15(13,14)12-7-10-9(3)5-4-6-11-10/h8-12H,4-7H2,1-3H3. The summed E-state index contributed by atoms with van der Waals surface area (Å²) in [6, 6.07) is 0.285. The molecule has 0 aromatic heterocycles. The van der Waals surface area contributed by atoms with E-state index < -0.39 is 10.0 Å². The van der Waals surface area contributed by atoms with E-state index in [0.717, 1.165) is 6.54 Å². The maximum atomic E-state index is 11.5. The van der Waals surface area contributed by atoms with Crippen molar-refractivity contribution in [3.63, 3.8) is 0 Å². The number of hydrogen-bond acceptors (Lipinski definition) is 3. The van der Waals surface area contributed by atoms with Crippen molar-refractivity contribution in [3.8, 4) is 0 Å². The molecule has 1 aliphatic heterocycles. The van der Waals surface area contributed by atoms with Crippen LogP contribution in [0.15, 0.2) is 0 Å². The summed E-state index contributed by atoms with van der Waals surface area (Å²) in [7, 11) is -3.11. The Morgan fingerprint density at radius 3 is 2.67 bits per heavy atom. The fourth-order valence-electron chi connectivity index (χ4n) is 1.76. The third kappa shape index (κ3) is 3.74. The minimum atomic E-state index is -3.11. The average Bonchev–Trinajstić information content (AvgIpc) is 2.16. The van der Waals surface area contributed by atoms with Crippen molar-refractivity contribution in [3.05, 3.63) is 0 Å². The smallest absolute Gasteiger partial charge is 0.213 e. The molecular weight excluding hydrogens is 212 g/mol. The van der Waals surface area contributed by atoms with E-state index in [1.165, 1.54) is 12.8 Å². The van der Waals surface area contributed by atoms with Crippen LogP contribution in [0.5, 0.6) is 0 Å². The van der Waals surface area contributed by atoms with Crippen molar-refractivity contribution >= 4 is 10.0 Å². The zero-order chi connectivity index (χ0) is 11.5. The van der Waals surface area contributed by atoms with Gasteiger partial charge in [-0.05, 0) is 39.2 Å². The second-order valence-corrected chi connectivity index (χ2v) is 6.94. The molecule has 0 spiro atoms. The number of hydrogen-bond donors (Lipinski definition) is 2. The van der Waals surface area contributed by atoms with E-state index >= 15 is 0 Å². The molecular formula is C10H22N2O2S. The van der Waals surface area contributed by atoms with E-state index in [0.29, 0.717) is 12.5 Å². The molecule has 5 heteroatoms. The van der Waals surface area contributed by atoms with Gasteiger partial charge in [-0.15, -0.1) is 0 Å². The average molecular weight is 234 g/mol. The highest BCUT2D eigenvalue weighted by molar-refractivity contribution is 7.90. The minimum absolute atomic E-state index is 0.285. The molecule has 1 saturated heterocycles. The largest absolute Gasteiger partial charge is 0.312 e. The maximum absolute atomic E-state index is 11.5. The van der Waals surface area contributed by atoms with Crippen molar-refractivity contribution in [2.45, 2.75) is 44.9 Å². The number of rotatable bonds is 4. The zero-order valence-corrected chi connectivity index (χ0v) is 10.6. The third-order valence-corrected chi connectivity index (χ3v) is 4.86. The molecule has 2 N–H and O–H groups in total. The van der Waals surface area contributed by atoms with Crippen LogP contribution >= 0.6 is 0 Å². The first-order valence-corrected chi connectivity index (χ1v) is 7.20. The normalized spacial score (nSPS) is 28.3. The molecule has 1 aliphatic rings. The highest BCUT2D eigenvalue weighted by Crippen LogP contribution is 2.15. The molecule has 0 saturated carbocycles. The van der Waals surface area contributed by atoms with E-state index in [2.05, 4.69) is 17.0 Å². The second kappa shape index (κ2) is 5.27. The van der Waals surface area contributed by atoms with Crippen LogP contribution in [0.4, 0.5) is 0 Å². The van der Waals surface area contributed by atoms with E-state index in [1.54, 1.807) is 13.8 Å². The Morgan fingerprint density at radius 1 is 1.47 bits per heavy atom. The molecule has 0 aromatic rings. The Kier molecular flexibility index (Phi) is 4.55. The van der Waals surface area contributed by atoms with Crippen LogP contribution in [-0.4, -0.2) is 32.8 Å². The van der Waals surface area contributed by atoms with E-state index in [4.69, 9.17) is 0 Å². The van der Waals surface area contributed by atoms with Crippen LogP contribution < -0.4 is 10.0 Å². The lowest BCUT2D eigenvalue weighted by atomic mass is 9.93. The van der Waals surface area contributed by atoms with Crippen molar-refractivity contribution < 1.29 is 8.42 Å². The van der Waals surface area contributed by atoms with E-state index in [1.807, 2.05) is 0 Å². The molecule has 0 aliphatic carbocycles. The lowest BCUT2D eigenvalue weighted by Gasteiger charge is -2.30. The SMILES string of the molecule is CC1CCCNC1CNS(=O)(=O)C(C)C. The van der Waals surface area contributed by atoms with Crippen LogP contribution in [0.1, 0.15) is 33.6 Å². The van der Waals surface area contributed by atoms with Gasteiger partial charge >= 0.3 is 0 Å². The first-order valence-electron chi connectivity index (χ1n) is 5.65. The molecule has 0 amide bonds. The molecule has 4 nitrogen and oxygen atoms in total. The highest BCUT2D eigenvalue weighted by atomic mass is 32.2. The minimum Gasteiger partial charge on any atom is -0.312 e. The maximum Gasteiger partial charge on any atom is 0.213 e. The molecule has 1 fully saturated rings. The summed E-state index contributed by atoms with van der Waals surface area (Å²) in [6.07, 6.45) is 2.37. The summed E-state index contributed by atoms with van der Waals surface area (Å²) >= 11 is 0. The van der Waals surface area contributed by atoms with Gasteiger partial charge in [0.2, 0.25) is 10.0 Å².